The second-order valence-electron chi connectivity index (χ2n) is 8.81. The quantitative estimate of drug-likeness (QED) is 0.282. The van der Waals surface area contributed by atoms with E-state index < -0.39 is 0 Å². The lowest BCUT2D eigenvalue weighted by Gasteiger charge is -2.30. The van der Waals surface area contributed by atoms with E-state index in [0.29, 0.717) is 31.0 Å². The van der Waals surface area contributed by atoms with Gasteiger partial charge in [-0.15, -0.1) is 16.4 Å². The molecule has 0 saturated carbocycles. The van der Waals surface area contributed by atoms with Crippen molar-refractivity contribution in [2.75, 3.05) is 7.11 Å². The molecular formula is C27H27FN6O2S. The minimum Gasteiger partial charge on any atom is -0.497 e. The van der Waals surface area contributed by atoms with Crippen molar-refractivity contribution >= 4 is 22.2 Å². The molecule has 0 fully saturated rings. The van der Waals surface area contributed by atoms with Crippen LogP contribution in [0, 0.1) is 5.82 Å². The van der Waals surface area contributed by atoms with Crippen LogP contribution in [0.5, 0.6) is 5.75 Å². The molecule has 0 aliphatic heterocycles. The molecule has 0 radical (unpaired) electrons. The molecule has 190 valence electrons. The van der Waals surface area contributed by atoms with Crippen LogP contribution in [0.25, 0.3) is 10.9 Å². The number of hydrogen-bond donors (Lipinski definition) is 1. The van der Waals surface area contributed by atoms with E-state index in [2.05, 4.69) is 38.4 Å². The highest BCUT2D eigenvalue weighted by molar-refractivity contribution is 7.09. The van der Waals surface area contributed by atoms with E-state index in [4.69, 9.17) is 4.74 Å². The lowest BCUT2D eigenvalue weighted by atomic mass is 10.1. The first-order chi connectivity index (χ1) is 18.0. The Labute approximate surface area is 217 Å². The highest BCUT2D eigenvalue weighted by atomic mass is 32.1. The van der Waals surface area contributed by atoms with Crippen molar-refractivity contribution in [2.24, 2.45) is 0 Å². The Kier molecular flexibility index (Phi) is 7.38. The fraction of sp³-hybridized carbons (Fsp3) is 0.259. The molecule has 2 aromatic carbocycles. The number of halogens is 1. The van der Waals surface area contributed by atoms with E-state index in [0.717, 1.165) is 28.6 Å². The maximum atomic E-state index is 13.4. The number of nitrogens with one attached hydrogen (secondary N) is 1. The molecular weight excluding hydrogens is 491 g/mol. The molecule has 1 atom stereocenters. The molecule has 37 heavy (non-hydrogen) atoms. The lowest BCUT2D eigenvalue weighted by Crippen LogP contribution is -2.32. The molecule has 0 aliphatic rings. The van der Waals surface area contributed by atoms with Gasteiger partial charge < -0.3 is 9.72 Å². The first kappa shape index (κ1) is 24.8. The van der Waals surface area contributed by atoms with Crippen molar-refractivity contribution in [3.8, 4) is 5.75 Å². The summed E-state index contributed by atoms with van der Waals surface area (Å²) in [6.07, 6.45) is 0.731. The van der Waals surface area contributed by atoms with Crippen LogP contribution >= 0.6 is 11.3 Å². The van der Waals surface area contributed by atoms with Crippen LogP contribution in [-0.2, 0) is 19.6 Å². The number of H-pyrrole nitrogens is 1. The van der Waals surface area contributed by atoms with Gasteiger partial charge in [0.25, 0.3) is 5.56 Å². The van der Waals surface area contributed by atoms with Crippen molar-refractivity contribution < 1.29 is 9.13 Å². The summed E-state index contributed by atoms with van der Waals surface area (Å²) >= 11 is 1.67. The van der Waals surface area contributed by atoms with E-state index in [1.807, 2.05) is 35.7 Å². The standard InChI is InChI=1S/C27H27FN6O2S/c1-3-25(26-30-31-32-34(26)15-18-6-8-21(28)9-7-18)33(17-23-5-4-12-37-23)16-20-13-19-14-22(36-2)10-11-24(19)29-27(20)35/h4-14,25H,3,15-17H2,1-2H3,(H,29,35). The van der Waals surface area contributed by atoms with Crippen molar-refractivity contribution in [3.05, 3.63) is 104 Å². The second kappa shape index (κ2) is 11.0. The van der Waals surface area contributed by atoms with Crippen LogP contribution in [0.15, 0.2) is 70.8 Å². The van der Waals surface area contributed by atoms with Crippen molar-refractivity contribution in [1.29, 1.82) is 0 Å². The maximum Gasteiger partial charge on any atom is 0.252 e. The third kappa shape index (κ3) is 5.60. The summed E-state index contributed by atoms with van der Waals surface area (Å²) in [7, 11) is 1.62. The first-order valence-electron chi connectivity index (χ1n) is 12.0. The Hall–Kier alpha value is -3.89. The van der Waals surface area contributed by atoms with Crippen LogP contribution in [0.2, 0.25) is 0 Å². The molecule has 1 N–H and O–H groups in total. The topological polar surface area (TPSA) is 88.9 Å². The zero-order valence-corrected chi connectivity index (χ0v) is 21.4. The van der Waals surface area contributed by atoms with Gasteiger partial charge in [0.1, 0.15) is 11.6 Å². The van der Waals surface area contributed by atoms with Gasteiger partial charge in [0.2, 0.25) is 0 Å². The SMILES string of the molecule is CCC(c1nnnn1Cc1ccc(F)cc1)N(Cc1cccs1)Cc1cc2cc(OC)ccc2[nH]c1=O. The van der Waals surface area contributed by atoms with E-state index in [1.165, 1.54) is 17.0 Å². The van der Waals surface area contributed by atoms with Crippen LogP contribution in [0.3, 0.4) is 0 Å². The number of tetrazole rings is 1. The molecule has 0 spiro atoms. The number of thiophene rings is 1. The molecule has 8 nitrogen and oxygen atoms in total. The van der Waals surface area contributed by atoms with E-state index >= 15 is 0 Å². The third-order valence-electron chi connectivity index (χ3n) is 6.37. The Morgan fingerprint density at radius 3 is 2.70 bits per heavy atom. The minimum atomic E-state index is -0.285. The number of methoxy groups -OCH3 is 1. The van der Waals surface area contributed by atoms with Gasteiger partial charge in [0.15, 0.2) is 5.82 Å². The van der Waals surface area contributed by atoms with Gasteiger partial charge in [-0.2, -0.15) is 0 Å². The predicted octanol–water partition coefficient (Wildman–Crippen LogP) is 4.93. The number of benzene rings is 2. The number of ether oxygens (including phenoxy) is 1. The summed E-state index contributed by atoms with van der Waals surface area (Å²) in [4.78, 5) is 19.5. The Bertz CT molecular complexity index is 1530. The molecule has 5 aromatic rings. The number of nitrogens with zero attached hydrogens (tertiary/aromatic N) is 5. The van der Waals surface area contributed by atoms with Gasteiger partial charge in [-0.3, -0.25) is 9.69 Å². The molecule has 5 rings (SSSR count). The molecule has 3 aromatic heterocycles. The lowest BCUT2D eigenvalue weighted by molar-refractivity contribution is 0.163. The minimum absolute atomic E-state index is 0.130. The number of rotatable bonds is 10. The molecule has 0 aliphatic carbocycles. The highest BCUT2D eigenvalue weighted by Gasteiger charge is 2.26. The number of pyridine rings is 1. The summed E-state index contributed by atoms with van der Waals surface area (Å²) in [5, 5.41) is 15.5. The molecule has 10 heteroatoms. The molecule has 1 unspecified atom stereocenters. The summed E-state index contributed by atoms with van der Waals surface area (Å²) in [6.45, 7) is 3.54. The smallest absolute Gasteiger partial charge is 0.252 e. The fourth-order valence-corrected chi connectivity index (χ4v) is 5.23. The van der Waals surface area contributed by atoms with Crippen molar-refractivity contribution in [2.45, 2.75) is 39.0 Å². The number of aromatic nitrogens is 5. The highest BCUT2D eigenvalue weighted by Crippen LogP contribution is 2.28. The Morgan fingerprint density at radius 2 is 1.97 bits per heavy atom. The average molecular weight is 519 g/mol. The average Bonchev–Trinajstić information content (AvgIpc) is 3.58. The monoisotopic (exact) mass is 518 g/mol. The van der Waals surface area contributed by atoms with Crippen molar-refractivity contribution in [3.63, 3.8) is 0 Å². The largest absolute Gasteiger partial charge is 0.497 e. The van der Waals surface area contributed by atoms with Crippen LogP contribution in [-0.4, -0.2) is 37.2 Å². The zero-order valence-electron chi connectivity index (χ0n) is 20.6. The Balaban J connectivity index is 1.50. The predicted molar refractivity (Wildman–Crippen MR) is 141 cm³/mol. The van der Waals surface area contributed by atoms with Gasteiger partial charge in [0.05, 0.1) is 19.7 Å². The number of hydrogen-bond acceptors (Lipinski definition) is 7. The molecule has 0 bridgehead atoms. The molecule has 3 heterocycles. The van der Waals surface area contributed by atoms with Gasteiger partial charge in [0, 0.05) is 34.4 Å². The van der Waals surface area contributed by atoms with Crippen LogP contribution in [0.1, 0.15) is 41.2 Å². The van der Waals surface area contributed by atoms with E-state index in [9.17, 15) is 9.18 Å². The van der Waals surface area contributed by atoms with E-state index in [-0.39, 0.29) is 17.4 Å². The van der Waals surface area contributed by atoms with Gasteiger partial charge in [-0.05, 0) is 70.3 Å². The summed E-state index contributed by atoms with van der Waals surface area (Å²) < 4.78 is 20.5. The van der Waals surface area contributed by atoms with Crippen LogP contribution < -0.4 is 10.3 Å². The van der Waals surface area contributed by atoms with Crippen molar-refractivity contribution in [1.82, 2.24) is 30.1 Å². The summed E-state index contributed by atoms with van der Waals surface area (Å²) in [5.74, 6) is 1.14. The third-order valence-corrected chi connectivity index (χ3v) is 7.23. The zero-order chi connectivity index (χ0) is 25.8. The first-order valence-corrected chi connectivity index (χ1v) is 12.9. The maximum absolute atomic E-state index is 13.4. The normalized spacial score (nSPS) is 12.3. The second-order valence-corrected chi connectivity index (χ2v) is 9.84. The fourth-order valence-electron chi connectivity index (χ4n) is 4.50. The van der Waals surface area contributed by atoms with Crippen LogP contribution in [0.4, 0.5) is 4.39 Å². The van der Waals surface area contributed by atoms with Gasteiger partial charge >= 0.3 is 0 Å². The van der Waals surface area contributed by atoms with Gasteiger partial charge in [-0.1, -0.05) is 25.1 Å². The summed E-state index contributed by atoms with van der Waals surface area (Å²) in [6, 6.07) is 17.8. The summed E-state index contributed by atoms with van der Waals surface area (Å²) in [5.41, 5.74) is 2.17. The number of fused-ring (bicyclic) bond motifs is 1. The molecule has 0 saturated heterocycles. The molecule has 0 amide bonds. The Morgan fingerprint density at radius 1 is 1.14 bits per heavy atom. The van der Waals surface area contributed by atoms with Gasteiger partial charge in [-0.25, -0.2) is 9.07 Å². The number of aromatic amines is 1. The van der Waals surface area contributed by atoms with E-state index in [1.54, 1.807) is 35.3 Å².